The maximum Gasteiger partial charge on any atom is 0.191 e. The van der Waals surface area contributed by atoms with Gasteiger partial charge in [-0.2, -0.15) is 0 Å². The lowest BCUT2D eigenvalue weighted by Gasteiger charge is -2.22. The monoisotopic (exact) mass is 377 g/mol. The minimum atomic E-state index is 0.483. The summed E-state index contributed by atoms with van der Waals surface area (Å²) >= 11 is 0. The predicted octanol–water partition coefficient (Wildman–Crippen LogP) is 3.12. The molecule has 0 aromatic heterocycles. The summed E-state index contributed by atoms with van der Waals surface area (Å²) in [5.41, 5.74) is 1.06. The van der Waals surface area contributed by atoms with Gasteiger partial charge < -0.3 is 24.8 Å². The highest BCUT2D eigenvalue weighted by Crippen LogP contribution is 2.20. The van der Waals surface area contributed by atoms with Gasteiger partial charge in [-0.25, -0.2) is 0 Å². The summed E-state index contributed by atoms with van der Waals surface area (Å²) in [5.74, 6) is 1.66. The van der Waals surface area contributed by atoms with Gasteiger partial charge in [0.15, 0.2) is 5.96 Å². The normalized spacial score (nSPS) is 15.6. The maximum absolute atomic E-state index is 5.94. The molecule has 2 rings (SSSR count). The predicted molar refractivity (Wildman–Crippen MR) is 109 cm³/mol. The molecule has 27 heavy (non-hydrogen) atoms. The molecule has 0 saturated heterocycles. The molecule has 1 aromatic carbocycles. The molecule has 1 aliphatic rings. The fourth-order valence-electron chi connectivity index (χ4n) is 3.23. The summed E-state index contributed by atoms with van der Waals surface area (Å²) in [6.07, 6.45) is 7.93. The zero-order valence-corrected chi connectivity index (χ0v) is 16.8. The van der Waals surface area contributed by atoms with Crippen LogP contribution in [-0.2, 0) is 16.1 Å². The second kappa shape index (κ2) is 13.4. The maximum atomic E-state index is 5.94. The molecule has 1 saturated carbocycles. The van der Waals surface area contributed by atoms with Crippen molar-refractivity contribution in [2.75, 3.05) is 40.5 Å². The number of methoxy groups -OCH3 is 1. The van der Waals surface area contributed by atoms with Crippen LogP contribution in [0.1, 0.15) is 44.1 Å². The molecule has 1 aromatic rings. The highest BCUT2D eigenvalue weighted by atomic mass is 16.5. The van der Waals surface area contributed by atoms with Gasteiger partial charge in [-0.15, -0.1) is 0 Å². The lowest BCUT2D eigenvalue weighted by molar-refractivity contribution is 0.0277. The SMILES string of the molecule is CN=C(NCCCOC1CCCCC1)NCCOCc1ccccc1OC. The number of nitrogens with zero attached hydrogens (tertiary/aromatic N) is 1. The van der Waals surface area contributed by atoms with E-state index in [-0.39, 0.29) is 0 Å². The molecule has 0 spiro atoms. The highest BCUT2D eigenvalue weighted by molar-refractivity contribution is 5.79. The zero-order chi connectivity index (χ0) is 19.2. The molecule has 0 aliphatic heterocycles. The van der Waals surface area contributed by atoms with E-state index in [2.05, 4.69) is 15.6 Å². The van der Waals surface area contributed by atoms with Crippen LogP contribution in [0.2, 0.25) is 0 Å². The Morgan fingerprint density at radius 2 is 1.85 bits per heavy atom. The molecule has 6 heteroatoms. The summed E-state index contributed by atoms with van der Waals surface area (Å²) in [5, 5.41) is 6.58. The van der Waals surface area contributed by atoms with Crippen molar-refractivity contribution >= 4 is 5.96 Å². The molecular weight excluding hydrogens is 342 g/mol. The average Bonchev–Trinajstić information content (AvgIpc) is 2.72. The molecule has 1 fully saturated rings. The van der Waals surface area contributed by atoms with Crippen molar-refractivity contribution in [3.63, 3.8) is 0 Å². The van der Waals surface area contributed by atoms with Crippen LogP contribution in [0.25, 0.3) is 0 Å². The van der Waals surface area contributed by atoms with Gasteiger partial charge in [0, 0.05) is 32.3 Å². The van der Waals surface area contributed by atoms with Crippen LogP contribution in [0.15, 0.2) is 29.3 Å². The highest BCUT2D eigenvalue weighted by Gasteiger charge is 2.12. The average molecular weight is 378 g/mol. The molecule has 0 atom stereocenters. The molecule has 2 N–H and O–H groups in total. The van der Waals surface area contributed by atoms with Crippen LogP contribution < -0.4 is 15.4 Å². The number of guanidine groups is 1. The quantitative estimate of drug-likeness (QED) is 0.352. The standard InChI is InChI=1S/C21H35N3O3/c1-22-21(23-13-8-15-27-19-10-4-3-5-11-19)24-14-16-26-17-18-9-6-7-12-20(18)25-2/h6-7,9,12,19H,3-5,8,10-11,13-17H2,1-2H3,(H2,22,23,24). The van der Waals surface area contributed by atoms with Crippen molar-refractivity contribution in [2.24, 2.45) is 4.99 Å². The van der Waals surface area contributed by atoms with Crippen LogP contribution in [0, 0.1) is 0 Å². The van der Waals surface area contributed by atoms with Crippen molar-refractivity contribution in [2.45, 2.75) is 51.2 Å². The van der Waals surface area contributed by atoms with Crippen molar-refractivity contribution in [3.05, 3.63) is 29.8 Å². The van der Waals surface area contributed by atoms with Crippen molar-refractivity contribution in [3.8, 4) is 5.75 Å². The molecule has 0 amide bonds. The molecule has 6 nitrogen and oxygen atoms in total. The first-order chi connectivity index (χ1) is 13.3. The topological polar surface area (TPSA) is 64.1 Å². The largest absolute Gasteiger partial charge is 0.496 e. The summed E-state index contributed by atoms with van der Waals surface area (Å²) in [6.45, 7) is 3.51. The number of benzene rings is 1. The molecule has 0 bridgehead atoms. The Hall–Kier alpha value is -1.79. The fourth-order valence-corrected chi connectivity index (χ4v) is 3.23. The number of nitrogens with one attached hydrogen (secondary N) is 2. The van der Waals surface area contributed by atoms with Crippen LogP contribution in [-0.4, -0.2) is 52.5 Å². The van der Waals surface area contributed by atoms with Gasteiger partial charge >= 0.3 is 0 Å². The number of aliphatic imine (C=N–C) groups is 1. The van der Waals surface area contributed by atoms with E-state index in [0.29, 0.717) is 25.9 Å². The van der Waals surface area contributed by atoms with Gasteiger partial charge in [0.25, 0.3) is 0 Å². The van der Waals surface area contributed by atoms with Gasteiger partial charge in [-0.05, 0) is 25.3 Å². The number of ether oxygens (including phenoxy) is 3. The lowest BCUT2D eigenvalue weighted by atomic mass is 9.98. The van der Waals surface area contributed by atoms with Crippen molar-refractivity contribution in [1.29, 1.82) is 0 Å². The third kappa shape index (κ3) is 8.63. The Kier molecular flexibility index (Phi) is 10.7. The Bertz CT molecular complexity index is 545. The van der Waals surface area contributed by atoms with E-state index in [0.717, 1.165) is 36.8 Å². The first kappa shape index (κ1) is 21.5. The van der Waals surface area contributed by atoms with Crippen LogP contribution in [0.5, 0.6) is 5.75 Å². The van der Waals surface area contributed by atoms with Crippen molar-refractivity contribution in [1.82, 2.24) is 10.6 Å². The summed E-state index contributed by atoms with van der Waals surface area (Å²) in [6, 6.07) is 7.91. The minimum absolute atomic E-state index is 0.483. The van der Waals surface area contributed by atoms with Gasteiger partial charge in [0.2, 0.25) is 0 Å². The van der Waals surface area contributed by atoms with Gasteiger partial charge in [-0.1, -0.05) is 37.5 Å². The second-order valence-corrected chi connectivity index (χ2v) is 6.77. The summed E-state index contributed by atoms with van der Waals surface area (Å²) < 4.78 is 17.0. The Balaban J connectivity index is 1.50. The van der Waals surface area contributed by atoms with E-state index < -0.39 is 0 Å². The van der Waals surface area contributed by atoms with Gasteiger partial charge in [0.1, 0.15) is 5.75 Å². The number of rotatable bonds is 11. The molecular formula is C21H35N3O3. The number of hydrogen-bond acceptors (Lipinski definition) is 4. The third-order valence-corrected chi connectivity index (χ3v) is 4.73. The van der Waals surface area contributed by atoms with Crippen LogP contribution in [0.3, 0.4) is 0 Å². The lowest BCUT2D eigenvalue weighted by Crippen LogP contribution is -2.39. The molecule has 152 valence electrons. The Morgan fingerprint density at radius 3 is 2.63 bits per heavy atom. The fraction of sp³-hybridized carbons (Fsp3) is 0.667. The molecule has 0 radical (unpaired) electrons. The second-order valence-electron chi connectivity index (χ2n) is 6.77. The van der Waals surface area contributed by atoms with Crippen LogP contribution in [0.4, 0.5) is 0 Å². The smallest absolute Gasteiger partial charge is 0.191 e. The first-order valence-electron chi connectivity index (χ1n) is 10.1. The minimum Gasteiger partial charge on any atom is -0.496 e. The third-order valence-electron chi connectivity index (χ3n) is 4.73. The number of para-hydroxylation sites is 1. The Labute approximate surface area is 163 Å². The van der Waals surface area contributed by atoms with E-state index in [1.54, 1.807) is 14.2 Å². The van der Waals surface area contributed by atoms with Gasteiger partial charge in [0.05, 0.1) is 26.4 Å². The van der Waals surface area contributed by atoms with E-state index in [1.165, 1.54) is 32.1 Å². The van der Waals surface area contributed by atoms with E-state index in [1.807, 2.05) is 24.3 Å². The molecule has 0 unspecified atom stereocenters. The summed E-state index contributed by atoms with van der Waals surface area (Å²) in [4.78, 5) is 4.24. The molecule has 0 heterocycles. The zero-order valence-electron chi connectivity index (χ0n) is 16.8. The first-order valence-corrected chi connectivity index (χ1v) is 10.1. The van der Waals surface area contributed by atoms with Gasteiger partial charge in [-0.3, -0.25) is 4.99 Å². The molecule has 1 aliphatic carbocycles. The van der Waals surface area contributed by atoms with Crippen LogP contribution >= 0.6 is 0 Å². The van der Waals surface area contributed by atoms with E-state index in [4.69, 9.17) is 14.2 Å². The Morgan fingerprint density at radius 1 is 1.07 bits per heavy atom. The van der Waals surface area contributed by atoms with Crippen molar-refractivity contribution < 1.29 is 14.2 Å². The van der Waals surface area contributed by atoms with E-state index in [9.17, 15) is 0 Å². The van der Waals surface area contributed by atoms with E-state index >= 15 is 0 Å². The number of hydrogen-bond donors (Lipinski definition) is 2. The summed E-state index contributed by atoms with van der Waals surface area (Å²) in [7, 11) is 3.46.